The van der Waals surface area contributed by atoms with Gasteiger partial charge in [-0.05, 0) is 27.8 Å². The summed E-state index contributed by atoms with van der Waals surface area (Å²) in [5.74, 6) is 1.28. The maximum Gasteiger partial charge on any atom is 0.244 e. The van der Waals surface area contributed by atoms with Crippen molar-refractivity contribution in [1.82, 2.24) is 10.0 Å². The molecular formula is C14H25BrN2O3S. The number of halogens is 1. The lowest BCUT2D eigenvalue weighted by atomic mass is 9.99. The average Bonchev–Trinajstić information content (AvgIpc) is 2.75. The van der Waals surface area contributed by atoms with Crippen LogP contribution < -0.4 is 10.0 Å². The Morgan fingerprint density at radius 1 is 1.24 bits per heavy atom. The van der Waals surface area contributed by atoms with E-state index in [1.165, 1.54) is 0 Å². The molecular weight excluding hydrogens is 356 g/mol. The first-order valence-corrected chi connectivity index (χ1v) is 9.42. The lowest BCUT2D eigenvalue weighted by Gasteiger charge is -2.15. The van der Waals surface area contributed by atoms with Crippen LogP contribution in [-0.4, -0.2) is 21.0 Å². The molecule has 122 valence electrons. The van der Waals surface area contributed by atoms with E-state index in [4.69, 9.17) is 4.42 Å². The van der Waals surface area contributed by atoms with Gasteiger partial charge in [0.05, 0.1) is 6.54 Å². The summed E-state index contributed by atoms with van der Waals surface area (Å²) in [7, 11) is -3.56. The van der Waals surface area contributed by atoms with E-state index in [1.54, 1.807) is 6.07 Å². The molecule has 7 heteroatoms. The minimum absolute atomic E-state index is 0.152. The predicted octanol–water partition coefficient (Wildman–Crippen LogP) is 3.11. The van der Waals surface area contributed by atoms with Crippen LogP contribution >= 0.6 is 15.9 Å². The van der Waals surface area contributed by atoms with Gasteiger partial charge in [0.25, 0.3) is 0 Å². The fourth-order valence-electron chi connectivity index (χ4n) is 1.53. The highest BCUT2D eigenvalue weighted by molar-refractivity contribution is 9.10. The van der Waals surface area contributed by atoms with Crippen molar-refractivity contribution < 1.29 is 12.8 Å². The molecule has 1 unspecified atom stereocenters. The first-order valence-electron chi connectivity index (χ1n) is 7.14. The Kier molecular flexibility index (Phi) is 6.90. The molecule has 1 heterocycles. The summed E-state index contributed by atoms with van der Waals surface area (Å²) in [6.45, 7) is 11.1. The maximum absolute atomic E-state index is 12.3. The quantitative estimate of drug-likeness (QED) is 0.726. The minimum Gasteiger partial charge on any atom is -0.452 e. The predicted molar refractivity (Wildman–Crippen MR) is 87.6 cm³/mol. The molecule has 5 nitrogen and oxygen atoms in total. The number of hydrogen-bond donors (Lipinski definition) is 2. The summed E-state index contributed by atoms with van der Waals surface area (Å²) in [5.41, 5.74) is 0. The second-order valence-corrected chi connectivity index (χ2v) is 8.42. The Balaban J connectivity index is 2.79. The second kappa shape index (κ2) is 7.76. The number of nitrogens with one attached hydrogen (secondary N) is 2. The highest BCUT2D eigenvalue weighted by atomic mass is 79.9. The lowest BCUT2D eigenvalue weighted by molar-refractivity contribution is 0.414. The van der Waals surface area contributed by atoms with Gasteiger partial charge in [-0.1, -0.05) is 34.6 Å². The van der Waals surface area contributed by atoms with Crippen LogP contribution in [0.5, 0.6) is 0 Å². The van der Waals surface area contributed by atoms with E-state index in [1.807, 2.05) is 20.8 Å². The van der Waals surface area contributed by atoms with Crippen molar-refractivity contribution >= 4 is 26.0 Å². The molecule has 1 atom stereocenters. The topological polar surface area (TPSA) is 71.3 Å². The monoisotopic (exact) mass is 380 g/mol. The van der Waals surface area contributed by atoms with Crippen LogP contribution in [0.3, 0.4) is 0 Å². The summed E-state index contributed by atoms with van der Waals surface area (Å²) < 4.78 is 32.9. The van der Waals surface area contributed by atoms with E-state index in [9.17, 15) is 8.42 Å². The molecule has 0 aromatic carbocycles. The van der Waals surface area contributed by atoms with Crippen molar-refractivity contribution in [1.29, 1.82) is 0 Å². The molecule has 0 amide bonds. The SMILES string of the molecule is CC(C)NCc1cc(S(=O)(=O)NCC(C)C(C)C)c(Br)o1. The standard InChI is InChI=1S/C14H25BrN2O3S/c1-9(2)11(5)7-17-21(18,19)13-6-12(20-14(13)15)8-16-10(3)4/h6,9-11,16-17H,7-8H2,1-5H3. The molecule has 0 aliphatic heterocycles. The molecule has 0 aliphatic carbocycles. The molecule has 0 radical (unpaired) electrons. The van der Waals surface area contributed by atoms with Crippen molar-refractivity contribution in [3.63, 3.8) is 0 Å². The molecule has 1 rings (SSSR count). The highest BCUT2D eigenvalue weighted by Gasteiger charge is 2.23. The third-order valence-electron chi connectivity index (χ3n) is 3.41. The zero-order chi connectivity index (χ0) is 16.2. The maximum atomic E-state index is 12.3. The molecule has 0 saturated heterocycles. The average molecular weight is 381 g/mol. The summed E-state index contributed by atoms with van der Waals surface area (Å²) in [6.07, 6.45) is 0. The number of hydrogen-bond acceptors (Lipinski definition) is 4. The minimum atomic E-state index is -3.56. The summed E-state index contributed by atoms with van der Waals surface area (Å²) >= 11 is 3.18. The van der Waals surface area contributed by atoms with Crippen LogP contribution in [0.2, 0.25) is 0 Å². The van der Waals surface area contributed by atoms with Crippen LogP contribution in [0, 0.1) is 11.8 Å². The Morgan fingerprint density at radius 3 is 2.38 bits per heavy atom. The van der Waals surface area contributed by atoms with Crippen molar-refractivity contribution in [2.45, 2.75) is 52.1 Å². The number of furan rings is 1. The van der Waals surface area contributed by atoms with Crippen LogP contribution in [0.25, 0.3) is 0 Å². The van der Waals surface area contributed by atoms with E-state index >= 15 is 0 Å². The van der Waals surface area contributed by atoms with Gasteiger partial charge in [-0.2, -0.15) is 0 Å². The van der Waals surface area contributed by atoms with E-state index in [0.717, 1.165) is 0 Å². The molecule has 0 aliphatic rings. The number of rotatable bonds is 8. The molecule has 0 fully saturated rings. The van der Waals surface area contributed by atoms with Crippen molar-refractivity contribution in [2.24, 2.45) is 11.8 Å². The van der Waals surface area contributed by atoms with E-state index in [2.05, 4.69) is 39.8 Å². The van der Waals surface area contributed by atoms with Gasteiger partial charge in [-0.15, -0.1) is 0 Å². The number of sulfonamides is 1. The molecule has 0 bridgehead atoms. The van der Waals surface area contributed by atoms with Crippen LogP contribution in [0.4, 0.5) is 0 Å². The zero-order valence-electron chi connectivity index (χ0n) is 13.2. The van der Waals surface area contributed by atoms with Gasteiger partial charge in [0.2, 0.25) is 10.0 Å². The van der Waals surface area contributed by atoms with Gasteiger partial charge in [0, 0.05) is 18.7 Å². The van der Waals surface area contributed by atoms with Gasteiger partial charge in [-0.3, -0.25) is 0 Å². The van der Waals surface area contributed by atoms with Crippen molar-refractivity contribution in [3.05, 3.63) is 16.5 Å². The first kappa shape index (κ1) is 18.7. The molecule has 0 spiro atoms. The van der Waals surface area contributed by atoms with Crippen molar-refractivity contribution in [3.8, 4) is 0 Å². The largest absolute Gasteiger partial charge is 0.452 e. The summed E-state index contributed by atoms with van der Waals surface area (Å²) in [4.78, 5) is 0.152. The fraction of sp³-hybridized carbons (Fsp3) is 0.714. The van der Waals surface area contributed by atoms with Gasteiger partial charge in [0.1, 0.15) is 10.7 Å². The Labute approximate surface area is 136 Å². The molecule has 21 heavy (non-hydrogen) atoms. The van der Waals surface area contributed by atoms with Crippen molar-refractivity contribution in [2.75, 3.05) is 6.54 Å². The summed E-state index contributed by atoms with van der Waals surface area (Å²) in [6, 6.07) is 1.86. The van der Waals surface area contributed by atoms with Gasteiger partial charge < -0.3 is 9.73 Å². The smallest absolute Gasteiger partial charge is 0.244 e. The summed E-state index contributed by atoms with van der Waals surface area (Å²) in [5, 5.41) is 3.19. The van der Waals surface area contributed by atoms with Crippen LogP contribution in [-0.2, 0) is 16.6 Å². The third-order valence-corrected chi connectivity index (χ3v) is 5.69. The molecule has 1 aromatic rings. The van der Waals surface area contributed by atoms with Gasteiger partial charge in [0.15, 0.2) is 4.67 Å². The molecule has 1 aromatic heterocycles. The highest BCUT2D eigenvalue weighted by Crippen LogP contribution is 2.26. The van der Waals surface area contributed by atoms with E-state index in [0.29, 0.717) is 30.8 Å². The zero-order valence-corrected chi connectivity index (χ0v) is 15.6. The first-order chi connectivity index (χ1) is 9.63. The second-order valence-electron chi connectivity index (χ2n) is 5.96. The Morgan fingerprint density at radius 2 is 1.86 bits per heavy atom. The van der Waals surface area contributed by atoms with Crippen LogP contribution in [0.1, 0.15) is 40.4 Å². The van der Waals surface area contributed by atoms with Crippen LogP contribution in [0.15, 0.2) is 20.0 Å². The Bertz CT molecular complexity index is 553. The van der Waals surface area contributed by atoms with Gasteiger partial charge >= 0.3 is 0 Å². The van der Waals surface area contributed by atoms with E-state index in [-0.39, 0.29) is 15.5 Å². The van der Waals surface area contributed by atoms with Gasteiger partial charge in [-0.25, -0.2) is 13.1 Å². The fourth-order valence-corrected chi connectivity index (χ4v) is 3.67. The normalized spacial score (nSPS) is 14.1. The van der Waals surface area contributed by atoms with E-state index < -0.39 is 10.0 Å². The Hall–Kier alpha value is -0.370. The third kappa shape index (κ3) is 5.73. The molecule has 0 saturated carbocycles. The molecule has 2 N–H and O–H groups in total. The lowest BCUT2D eigenvalue weighted by Crippen LogP contribution is -2.30.